The fraction of sp³-hybridized carbons (Fsp3) is 0.889. The first kappa shape index (κ1) is 12.5. The number of hydrogen-bond acceptors (Lipinski definition) is 5. The third-order valence-corrected chi connectivity index (χ3v) is 2.34. The lowest BCUT2D eigenvalue weighted by Crippen LogP contribution is -2.56. The zero-order chi connectivity index (χ0) is 11.4. The Morgan fingerprint density at radius 1 is 1.33 bits per heavy atom. The monoisotopic (exact) mass is 214 g/mol. The Hall–Kier alpha value is -0.585. The maximum atomic E-state index is 10.9. The van der Waals surface area contributed by atoms with Crippen LogP contribution in [-0.2, 0) is 23.7 Å². The van der Waals surface area contributed by atoms with Crippen LogP contribution in [0.2, 0.25) is 0 Å². The standard InChI is InChI=1S/C9H15BO5/c1-5(11)15-8-7(13-3)6(12-2)4-14-9(8)10/h6-9H,4H2,1-3H3/t6-,7+,8-,9+/m1/s1. The lowest BCUT2D eigenvalue weighted by atomic mass is 9.86. The van der Waals surface area contributed by atoms with E-state index in [0.29, 0.717) is 6.61 Å². The van der Waals surface area contributed by atoms with Crippen LogP contribution in [0.1, 0.15) is 6.92 Å². The van der Waals surface area contributed by atoms with Gasteiger partial charge < -0.3 is 18.9 Å². The molecule has 2 radical (unpaired) electrons. The van der Waals surface area contributed by atoms with Gasteiger partial charge in [-0.15, -0.1) is 0 Å². The van der Waals surface area contributed by atoms with Gasteiger partial charge in [0.1, 0.15) is 26.2 Å². The molecule has 0 spiro atoms. The summed E-state index contributed by atoms with van der Waals surface area (Å²) >= 11 is 0. The first-order valence-electron chi connectivity index (χ1n) is 4.70. The minimum Gasteiger partial charge on any atom is -0.458 e. The summed E-state index contributed by atoms with van der Waals surface area (Å²) in [5.74, 6) is -0.419. The van der Waals surface area contributed by atoms with Crippen molar-refractivity contribution in [1.29, 1.82) is 0 Å². The molecule has 1 saturated heterocycles. The highest BCUT2D eigenvalue weighted by molar-refractivity contribution is 6.11. The molecule has 0 saturated carbocycles. The predicted molar refractivity (Wildman–Crippen MR) is 52.6 cm³/mol. The molecule has 0 amide bonds. The topological polar surface area (TPSA) is 54.0 Å². The number of rotatable bonds is 3. The zero-order valence-corrected chi connectivity index (χ0v) is 9.14. The summed E-state index contributed by atoms with van der Waals surface area (Å²) in [6, 6.07) is -0.676. The van der Waals surface area contributed by atoms with Gasteiger partial charge in [-0.3, -0.25) is 4.79 Å². The molecule has 6 heteroatoms. The molecule has 15 heavy (non-hydrogen) atoms. The number of esters is 1. The third kappa shape index (κ3) is 2.93. The molecule has 0 unspecified atom stereocenters. The lowest BCUT2D eigenvalue weighted by Gasteiger charge is -2.39. The molecule has 0 aliphatic carbocycles. The fourth-order valence-electron chi connectivity index (χ4n) is 1.61. The number of methoxy groups -OCH3 is 2. The molecule has 1 aliphatic heterocycles. The van der Waals surface area contributed by atoms with E-state index in [1.807, 2.05) is 0 Å². The Labute approximate surface area is 90.4 Å². The normalized spacial score (nSPS) is 36.2. The number of hydrogen-bond donors (Lipinski definition) is 0. The van der Waals surface area contributed by atoms with Gasteiger partial charge in [0.15, 0.2) is 0 Å². The molecule has 5 nitrogen and oxygen atoms in total. The first-order valence-corrected chi connectivity index (χ1v) is 4.70. The second-order valence-electron chi connectivity index (χ2n) is 3.35. The van der Waals surface area contributed by atoms with Crippen molar-refractivity contribution < 1.29 is 23.7 Å². The van der Waals surface area contributed by atoms with Gasteiger partial charge in [0, 0.05) is 21.1 Å². The Kier molecular flexibility index (Phi) is 4.57. The second kappa shape index (κ2) is 5.49. The van der Waals surface area contributed by atoms with Gasteiger partial charge in [-0.2, -0.15) is 0 Å². The Balaban J connectivity index is 2.71. The summed E-state index contributed by atoms with van der Waals surface area (Å²) in [4.78, 5) is 10.9. The van der Waals surface area contributed by atoms with E-state index in [-0.39, 0.29) is 6.10 Å². The highest BCUT2D eigenvalue weighted by Crippen LogP contribution is 2.21. The van der Waals surface area contributed by atoms with Crippen LogP contribution in [0.15, 0.2) is 0 Å². The highest BCUT2D eigenvalue weighted by Gasteiger charge is 2.40. The van der Waals surface area contributed by atoms with Gasteiger partial charge in [0.2, 0.25) is 0 Å². The van der Waals surface area contributed by atoms with Gasteiger partial charge in [0.25, 0.3) is 0 Å². The Morgan fingerprint density at radius 2 is 2.00 bits per heavy atom. The van der Waals surface area contributed by atoms with Crippen molar-refractivity contribution in [1.82, 2.24) is 0 Å². The zero-order valence-electron chi connectivity index (χ0n) is 9.14. The van der Waals surface area contributed by atoms with Crippen molar-refractivity contribution >= 4 is 13.8 Å². The van der Waals surface area contributed by atoms with Gasteiger partial charge in [-0.25, -0.2) is 0 Å². The van der Waals surface area contributed by atoms with Crippen LogP contribution >= 0.6 is 0 Å². The second-order valence-corrected chi connectivity index (χ2v) is 3.35. The molecular formula is C9H15BO5. The van der Waals surface area contributed by atoms with E-state index in [1.54, 1.807) is 7.11 Å². The molecule has 1 aliphatic rings. The average Bonchev–Trinajstić information content (AvgIpc) is 2.20. The number of ether oxygens (including phenoxy) is 4. The molecule has 0 aromatic carbocycles. The van der Waals surface area contributed by atoms with Crippen LogP contribution < -0.4 is 0 Å². The summed E-state index contributed by atoms with van der Waals surface area (Å²) in [5, 5.41) is 0. The van der Waals surface area contributed by atoms with Crippen LogP contribution in [0.4, 0.5) is 0 Å². The lowest BCUT2D eigenvalue weighted by molar-refractivity contribution is -0.202. The van der Waals surface area contributed by atoms with Crippen molar-refractivity contribution in [3.8, 4) is 0 Å². The van der Waals surface area contributed by atoms with Crippen LogP contribution in [0, 0.1) is 0 Å². The van der Waals surface area contributed by atoms with Crippen molar-refractivity contribution in [3.05, 3.63) is 0 Å². The molecule has 4 atom stereocenters. The minimum absolute atomic E-state index is 0.279. The molecule has 1 fully saturated rings. The quantitative estimate of drug-likeness (QED) is 0.467. The minimum atomic E-state index is -0.676. The molecule has 0 aromatic heterocycles. The van der Waals surface area contributed by atoms with E-state index in [2.05, 4.69) is 0 Å². The number of carbonyl (C=O) groups excluding carboxylic acids is 1. The molecule has 1 heterocycles. The van der Waals surface area contributed by atoms with Crippen LogP contribution in [0.5, 0.6) is 0 Å². The van der Waals surface area contributed by atoms with Crippen LogP contribution in [-0.4, -0.2) is 59.0 Å². The fourth-order valence-corrected chi connectivity index (χ4v) is 1.61. The van der Waals surface area contributed by atoms with Gasteiger partial charge in [-0.05, 0) is 0 Å². The molecule has 84 valence electrons. The Morgan fingerprint density at radius 3 is 2.47 bits per heavy atom. The summed E-state index contributed by atoms with van der Waals surface area (Å²) in [6.45, 7) is 1.64. The van der Waals surface area contributed by atoms with Gasteiger partial charge in [-0.1, -0.05) is 0 Å². The molecule has 0 bridgehead atoms. The van der Waals surface area contributed by atoms with Crippen molar-refractivity contribution in [2.75, 3.05) is 20.8 Å². The third-order valence-electron chi connectivity index (χ3n) is 2.34. The Bertz CT molecular complexity index is 223. The summed E-state index contributed by atoms with van der Waals surface area (Å²) in [7, 11) is 8.74. The smallest absolute Gasteiger partial charge is 0.303 e. The predicted octanol–water partition coefficient (Wildman–Crippen LogP) is -0.527. The maximum Gasteiger partial charge on any atom is 0.303 e. The van der Waals surface area contributed by atoms with Crippen LogP contribution in [0.3, 0.4) is 0 Å². The van der Waals surface area contributed by atoms with Crippen molar-refractivity contribution in [2.24, 2.45) is 0 Å². The van der Waals surface area contributed by atoms with Crippen LogP contribution in [0.25, 0.3) is 0 Å². The highest BCUT2D eigenvalue weighted by atomic mass is 16.6. The molecule has 0 aromatic rings. The van der Waals surface area contributed by atoms with Gasteiger partial charge in [0.05, 0.1) is 12.6 Å². The molecular weight excluding hydrogens is 199 g/mol. The summed E-state index contributed by atoms with van der Waals surface area (Å²) in [5.41, 5.74) is 0. The maximum absolute atomic E-state index is 10.9. The van der Waals surface area contributed by atoms with E-state index in [9.17, 15) is 4.79 Å². The van der Waals surface area contributed by atoms with Gasteiger partial charge >= 0.3 is 5.97 Å². The average molecular weight is 214 g/mol. The van der Waals surface area contributed by atoms with E-state index in [1.165, 1.54) is 14.0 Å². The van der Waals surface area contributed by atoms with Crippen molar-refractivity contribution in [3.63, 3.8) is 0 Å². The molecule has 0 N–H and O–H groups in total. The largest absolute Gasteiger partial charge is 0.458 e. The van der Waals surface area contributed by atoms with Crippen molar-refractivity contribution in [2.45, 2.75) is 31.2 Å². The molecule has 1 rings (SSSR count). The summed E-state index contributed by atoms with van der Waals surface area (Å²) < 4.78 is 20.6. The van der Waals surface area contributed by atoms with E-state index >= 15 is 0 Å². The van der Waals surface area contributed by atoms with E-state index in [4.69, 9.17) is 26.8 Å². The number of carbonyl (C=O) groups is 1. The van der Waals surface area contributed by atoms with E-state index < -0.39 is 24.2 Å². The first-order chi connectivity index (χ1) is 7.10. The SMILES string of the molecule is [B][C@H]1OC[C@@H](OC)[C@H](OC)[C@H]1OC(C)=O. The summed E-state index contributed by atoms with van der Waals surface area (Å²) in [6.07, 6.45) is -1.31. The van der Waals surface area contributed by atoms with E-state index in [0.717, 1.165) is 0 Å².